The first-order valence-corrected chi connectivity index (χ1v) is 21.0. The summed E-state index contributed by atoms with van der Waals surface area (Å²) in [7, 11) is 1.65. The van der Waals surface area contributed by atoms with Gasteiger partial charge in [0.1, 0.15) is 23.0 Å². The fourth-order valence-electron chi connectivity index (χ4n) is 6.94. The fraction of sp³-hybridized carbons (Fsp3) is 0.553. The molecule has 7 heteroatoms. The molecule has 4 rings (SSSR count). The Morgan fingerprint density at radius 1 is 0.556 bits per heavy atom. The molecule has 3 aromatic carbocycles. The summed E-state index contributed by atoms with van der Waals surface area (Å²) in [6, 6.07) is 19.6. The maximum Gasteiger partial charge on any atom is 0.167 e. The zero-order chi connectivity index (χ0) is 38.7. The first kappa shape index (κ1) is 42.6. The summed E-state index contributed by atoms with van der Waals surface area (Å²) in [5.41, 5.74) is 3.27. The molecule has 7 nitrogen and oxygen atoms in total. The highest BCUT2D eigenvalue weighted by Gasteiger charge is 2.20. The van der Waals surface area contributed by atoms with Crippen molar-refractivity contribution >= 4 is 0 Å². The van der Waals surface area contributed by atoms with Gasteiger partial charge in [-0.15, -0.1) is 0 Å². The number of methoxy groups -OCH3 is 1. The van der Waals surface area contributed by atoms with Gasteiger partial charge in [0.2, 0.25) is 0 Å². The molecule has 0 aliphatic rings. The summed E-state index contributed by atoms with van der Waals surface area (Å²) >= 11 is 0. The Bertz CT molecular complexity index is 1670. The van der Waals surface area contributed by atoms with Crippen molar-refractivity contribution in [2.75, 3.05) is 20.3 Å². The van der Waals surface area contributed by atoms with Gasteiger partial charge in [0, 0.05) is 11.6 Å². The molecule has 0 saturated heterocycles. The number of benzene rings is 3. The van der Waals surface area contributed by atoms with Gasteiger partial charge in [-0.05, 0) is 97.5 Å². The largest absolute Gasteiger partial charge is 0.507 e. The van der Waals surface area contributed by atoms with E-state index in [2.05, 4.69) is 47.6 Å². The van der Waals surface area contributed by atoms with Crippen LogP contribution in [0.5, 0.6) is 23.0 Å². The molecular formula is C47H67N3O4. The van der Waals surface area contributed by atoms with Crippen LogP contribution in [0.15, 0.2) is 60.7 Å². The van der Waals surface area contributed by atoms with Crippen molar-refractivity contribution in [2.24, 2.45) is 17.8 Å². The van der Waals surface area contributed by atoms with E-state index in [1.165, 1.54) is 44.9 Å². The third kappa shape index (κ3) is 12.7. The number of aryl methyl sites for hydroxylation is 1. The smallest absolute Gasteiger partial charge is 0.167 e. The minimum absolute atomic E-state index is 0.169. The number of phenols is 1. The van der Waals surface area contributed by atoms with E-state index in [0.717, 1.165) is 73.1 Å². The van der Waals surface area contributed by atoms with Crippen molar-refractivity contribution in [3.8, 4) is 57.2 Å². The van der Waals surface area contributed by atoms with Gasteiger partial charge in [-0.25, -0.2) is 15.0 Å². The lowest BCUT2D eigenvalue weighted by atomic mass is 9.92. The van der Waals surface area contributed by atoms with Gasteiger partial charge in [0.05, 0.1) is 31.5 Å². The molecule has 0 amide bonds. The molecule has 0 aliphatic carbocycles. The fourth-order valence-corrected chi connectivity index (χ4v) is 6.94. The minimum atomic E-state index is 0.169. The molecule has 294 valence electrons. The normalized spacial score (nSPS) is 13.0. The predicted octanol–water partition coefficient (Wildman–Crippen LogP) is 12.9. The summed E-state index contributed by atoms with van der Waals surface area (Å²) in [5.74, 6) is 5.44. The summed E-state index contributed by atoms with van der Waals surface area (Å²) in [6.07, 6.45) is 16.1. The maximum atomic E-state index is 11.5. The monoisotopic (exact) mass is 738 g/mol. The van der Waals surface area contributed by atoms with Crippen LogP contribution in [-0.2, 0) is 6.42 Å². The average Bonchev–Trinajstić information content (AvgIpc) is 3.21. The number of hydrogen-bond donors (Lipinski definition) is 1. The number of ether oxygens (including phenoxy) is 3. The Morgan fingerprint density at radius 3 is 1.67 bits per heavy atom. The Morgan fingerprint density at radius 2 is 1.09 bits per heavy atom. The zero-order valence-corrected chi connectivity index (χ0v) is 34.3. The van der Waals surface area contributed by atoms with E-state index >= 15 is 0 Å². The summed E-state index contributed by atoms with van der Waals surface area (Å²) in [4.78, 5) is 15.0. The molecular weight excluding hydrogens is 671 g/mol. The topological polar surface area (TPSA) is 86.6 Å². The first-order valence-electron chi connectivity index (χ1n) is 21.0. The molecule has 3 unspecified atom stereocenters. The van der Waals surface area contributed by atoms with E-state index < -0.39 is 0 Å². The third-order valence-corrected chi connectivity index (χ3v) is 10.9. The molecule has 0 fully saturated rings. The van der Waals surface area contributed by atoms with Crippen LogP contribution >= 0.6 is 0 Å². The average molecular weight is 738 g/mol. The van der Waals surface area contributed by atoms with Crippen LogP contribution < -0.4 is 14.2 Å². The third-order valence-electron chi connectivity index (χ3n) is 10.9. The van der Waals surface area contributed by atoms with Crippen molar-refractivity contribution in [3.05, 3.63) is 66.2 Å². The van der Waals surface area contributed by atoms with Gasteiger partial charge in [-0.3, -0.25) is 0 Å². The van der Waals surface area contributed by atoms with Gasteiger partial charge >= 0.3 is 0 Å². The number of phenolic OH excluding ortho intramolecular Hbond substituents is 1. The molecule has 0 spiro atoms. The Labute approximate surface area is 326 Å². The highest BCUT2D eigenvalue weighted by Crippen LogP contribution is 2.37. The van der Waals surface area contributed by atoms with Gasteiger partial charge in [0.15, 0.2) is 17.5 Å². The van der Waals surface area contributed by atoms with E-state index in [1.807, 2.05) is 54.6 Å². The van der Waals surface area contributed by atoms with Gasteiger partial charge < -0.3 is 19.3 Å². The van der Waals surface area contributed by atoms with Crippen molar-refractivity contribution in [2.45, 2.75) is 131 Å². The Hall–Kier alpha value is -4.13. The number of aromatic hydroxyl groups is 1. The van der Waals surface area contributed by atoms with Crippen LogP contribution in [-0.4, -0.2) is 40.4 Å². The molecule has 1 aromatic heterocycles. The molecule has 1 N–H and O–H groups in total. The number of nitrogens with zero attached hydrogens (tertiary/aromatic N) is 3. The highest BCUT2D eigenvalue weighted by molar-refractivity contribution is 5.73. The SMILES string of the molecule is CCCCC(CC)CCc1ccc(-c2nc(-c3ccc(OC)cc3)nc(-c3ccc(OCC(CC)CCCC)cc3OCC(CC)CCCC)n2)c(O)c1. The second-order valence-corrected chi connectivity index (χ2v) is 15.0. The van der Waals surface area contributed by atoms with Crippen LogP contribution in [0.4, 0.5) is 0 Å². The quantitative estimate of drug-likeness (QED) is 0.0724. The van der Waals surface area contributed by atoms with E-state index in [0.29, 0.717) is 59.8 Å². The van der Waals surface area contributed by atoms with Gasteiger partial charge in [-0.1, -0.05) is 112 Å². The Balaban J connectivity index is 1.76. The molecule has 54 heavy (non-hydrogen) atoms. The van der Waals surface area contributed by atoms with Crippen molar-refractivity contribution in [1.82, 2.24) is 15.0 Å². The van der Waals surface area contributed by atoms with Crippen LogP contribution in [0, 0.1) is 17.8 Å². The summed E-state index contributed by atoms with van der Waals surface area (Å²) in [6.45, 7) is 14.7. The highest BCUT2D eigenvalue weighted by atomic mass is 16.5. The van der Waals surface area contributed by atoms with Crippen molar-refractivity contribution in [3.63, 3.8) is 0 Å². The number of aromatic nitrogens is 3. The van der Waals surface area contributed by atoms with Crippen LogP contribution in [0.2, 0.25) is 0 Å². The van der Waals surface area contributed by atoms with Gasteiger partial charge in [-0.2, -0.15) is 0 Å². The second kappa shape index (κ2) is 22.9. The lowest BCUT2D eigenvalue weighted by molar-refractivity contribution is 0.223. The number of unbranched alkanes of at least 4 members (excludes halogenated alkanes) is 3. The van der Waals surface area contributed by atoms with E-state index in [9.17, 15) is 5.11 Å². The van der Waals surface area contributed by atoms with E-state index in [1.54, 1.807) is 7.11 Å². The van der Waals surface area contributed by atoms with Crippen LogP contribution in [0.25, 0.3) is 34.2 Å². The van der Waals surface area contributed by atoms with E-state index in [-0.39, 0.29) is 5.75 Å². The molecule has 0 bridgehead atoms. The molecule has 1 heterocycles. The van der Waals surface area contributed by atoms with Crippen molar-refractivity contribution in [1.29, 1.82) is 0 Å². The molecule has 4 aromatic rings. The first-order chi connectivity index (χ1) is 26.3. The van der Waals surface area contributed by atoms with Gasteiger partial charge in [0.25, 0.3) is 0 Å². The van der Waals surface area contributed by atoms with Crippen LogP contribution in [0.1, 0.15) is 131 Å². The lowest BCUT2D eigenvalue weighted by Crippen LogP contribution is -2.13. The molecule has 3 atom stereocenters. The Kier molecular flexibility index (Phi) is 18.1. The number of hydrogen-bond acceptors (Lipinski definition) is 7. The van der Waals surface area contributed by atoms with E-state index in [4.69, 9.17) is 29.2 Å². The molecule has 0 radical (unpaired) electrons. The summed E-state index contributed by atoms with van der Waals surface area (Å²) in [5, 5.41) is 11.5. The second-order valence-electron chi connectivity index (χ2n) is 15.0. The van der Waals surface area contributed by atoms with Crippen LogP contribution in [0.3, 0.4) is 0 Å². The molecule has 0 aliphatic heterocycles. The van der Waals surface area contributed by atoms with Crippen molar-refractivity contribution < 1.29 is 19.3 Å². The minimum Gasteiger partial charge on any atom is -0.507 e. The number of rotatable bonds is 25. The molecule has 0 saturated carbocycles. The lowest BCUT2D eigenvalue weighted by Gasteiger charge is -2.20. The maximum absolute atomic E-state index is 11.5. The predicted molar refractivity (Wildman–Crippen MR) is 224 cm³/mol. The standard InChI is InChI=1S/C47H67N3O4/c1-8-14-17-34(11-4)20-21-37-22-28-41(43(51)30-37)46-48-45(38-23-25-39(52-7)26-24-38)49-47(50-46)42-29-27-40(53-32-35(12-5)18-15-9-2)31-44(42)54-33-36(13-6)19-16-10-3/h22-31,34-36,51H,8-21,32-33H2,1-7H3. The zero-order valence-electron chi connectivity index (χ0n) is 34.3. The summed E-state index contributed by atoms with van der Waals surface area (Å²) < 4.78 is 18.5.